The number of rotatable bonds is 13. The molecule has 2 aromatic carbocycles. The molecule has 2 atom stereocenters. The molecule has 1 saturated carbocycles. The number of amides is 4. The molecule has 1 unspecified atom stereocenters. The fourth-order valence-corrected chi connectivity index (χ4v) is 9.34. The maximum Gasteiger partial charge on any atom is 0.411 e. The third-order valence-electron chi connectivity index (χ3n) is 12.7. The zero-order chi connectivity index (χ0) is 43.7. The van der Waals surface area contributed by atoms with E-state index in [4.69, 9.17) is 9.84 Å². The number of likely N-dealkylation sites (tertiary alicyclic amines) is 2. The number of nitrogens with zero attached hydrogens (tertiary/aromatic N) is 5. The topological polar surface area (TPSA) is 143 Å². The minimum Gasteiger partial charge on any atom is -0.480 e. The molecule has 6 rings (SSSR count). The number of benzene rings is 2. The number of hydrogen-bond donors (Lipinski definition) is 2. The molecule has 0 aromatic heterocycles. The smallest absolute Gasteiger partial charge is 0.411 e. The second kappa shape index (κ2) is 21.0. The van der Waals surface area contributed by atoms with Crippen LogP contribution in [-0.4, -0.2) is 143 Å². The molecule has 4 aliphatic rings. The second-order valence-corrected chi connectivity index (χ2v) is 18.5. The number of hydrogen-bond acceptors (Lipinski definition) is 8. The van der Waals surface area contributed by atoms with Crippen LogP contribution in [0.3, 0.4) is 0 Å². The molecule has 61 heavy (non-hydrogen) atoms. The molecule has 334 valence electrons. The number of carboxylic acid groups (broad SMARTS) is 1. The summed E-state index contributed by atoms with van der Waals surface area (Å²) in [5, 5.41) is 12.3. The maximum absolute atomic E-state index is 14.7. The molecular formula is C46H64F2N6O7. The lowest BCUT2D eigenvalue weighted by Crippen LogP contribution is -2.57. The minimum atomic E-state index is -0.862. The van der Waals surface area contributed by atoms with Gasteiger partial charge in [0.2, 0.25) is 11.8 Å². The highest BCUT2D eigenvalue weighted by atomic mass is 19.1. The summed E-state index contributed by atoms with van der Waals surface area (Å²) in [6.45, 7) is 10.6. The number of piperazine rings is 1. The SMILES string of the molecule is CC(C)(C)OC(=O)N(CC(=O)N1CCCC(c2cccc(C(=O)N[C@@H](C(=O)N3CCN(CC4CCN(CC(=O)O)CC4)CC3)C3CCCCC3)c2)C1)Cc1ccc(F)cc1F. The predicted octanol–water partition coefficient (Wildman–Crippen LogP) is 5.73. The van der Waals surface area contributed by atoms with Crippen molar-refractivity contribution >= 4 is 29.8 Å². The largest absolute Gasteiger partial charge is 0.480 e. The number of carboxylic acids is 1. The third kappa shape index (κ3) is 13.2. The lowest BCUT2D eigenvalue weighted by molar-refractivity contribution is -0.139. The second-order valence-electron chi connectivity index (χ2n) is 18.5. The summed E-state index contributed by atoms with van der Waals surface area (Å²) in [7, 11) is 0. The van der Waals surface area contributed by atoms with Crippen LogP contribution in [0.25, 0.3) is 0 Å². The molecule has 4 amide bonds. The van der Waals surface area contributed by atoms with Crippen LogP contribution in [-0.2, 0) is 25.7 Å². The van der Waals surface area contributed by atoms with Gasteiger partial charge in [-0.2, -0.15) is 0 Å². The number of ether oxygens (including phenoxy) is 1. The zero-order valence-electron chi connectivity index (χ0n) is 36.1. The summed E-state index contributed by atoms with van der Waals surface area (Å²) >= 11 is 0. The van der Waals surface area contributed by atoms with Gasteiger partial charge in [0.25, 0.3) is 5.91 Å². The van der Waals surface area contributed by atoms with Gasteiger partial charge in [-0.25, -0.2) is 13.6 Å². The van der Waals surface area contributed by atoms with Crippen LogP contribution in [0.15, 0.2) is 42.5 Å². The van der Waals surface area contributed by atoms with E-state index < -0.39 is 35.3 Å². The first-order valence-electron chi connectivity index (χ1n) is 22.2. The molecule has 4 fully saturated rings. The van der Waals surface area contributed by atoms with Gasteiger partial charge in [0, 0.05) is 68.9 Å². The van der Waals surface area contributed by atoms with Crippen molar-refractivity contribution in [2.24, 2.45) is 11.8 Å². The summed E-state index contributed by atoms with van der Waals surface area (Å²) in [4.78, 5) is 75.5. The number of carbonyl (C=O) groups excluding carboxylic acids is 4. The van der Waals surface area contributed by atoms with E-state index >= 15 is 0 Å². The van der Waals surface area contributed by atoms with Crippen LogP contribution in [0.5, 0.6) is 0 Å². The van der Waals surface area contributed by atoms with Crippen molar-refractivity contribution in [2.75, 3.05) is 72.0 Å². The van der Waals surface area contributed by atoms with Gasteiger partial charge in [-0.3, -0.25) is 33.9 Å². The summed E-state index contributed by atoms with van der Waals surface area (Å²) in [6, 6.07) is 9.86. The van der Waals surface area contributed by atoms with Crippen molar-refractivity contribution in [1.82, 2.24) is 29.8 Å². The third-order valence-corrected chi connectivity index (χ3v) is 12.7. The summed E-state index contributed by atoms with van der Waals surface area (Å²) in [6.07, 6.45) is 7.57. The number of aliphatic carboxylic acids is 1. The monoisotopic (exact) mass is 850 g/mol. The number of nitrogens with one attached hydrogen (secondary N) is 1. The van der Waals surface area contributed by atoms with Crippen LogP contribution >= 0.6 is 0 Å². The fraction of sp³-hybridized carbons (Fsp3) is 0.630. The molecule has 15 heteroatoms. The van der Waals surface area contributed by atoms with E-state index in [1.165, 1.54) is 6.07 Å². The Morgan fingerprint density at radius 1 is 0.836 bits per heavy atom. The Morgan fingerprint density at radius 3 is 2.23 bits per heavy atom. The zero-order valence-corrected chi connectivity index (χ0v) is 36.1. The van der Waals surface area contributed by atoms with Crippen LogP contribution in [0, 0.1) is 23.5 Å². The average Bonchev–Trinajstić information content (AvgIpc) is 3.23. The van der Waals surface area contributed by atoms with Crippen molar-refractivity contribution in [3.63, 3.8) is 0 Å². The van der Waals surface area contributed by atoms with E-state index in [0.717, 1.165) is 107 Å². The van der Waals surface area contributed by atoms with E-state index in [2.05, 4.69) is 10.2 Å². The average molecular weight is 851 g/mol. The molecule has 3 saturated heterocycles. The summed E-state index contributed by atoms with van der Waals surface area (Å²) in [5.74, 6) is -2.54. The Labute approximate surface area is 358 Å². The maximum atomic E-state index is 14.7. The van der Waals surface area contributed by atoms with Gasteiger partial charge in [0.1, 0.15) is 29.8 Å². The minimum absolute atomic E-state index is 0.0259. The Hall–Kier alpha value is -4.63. The highest BCUT2D eigenvalue weighted by Gasteiger charge is 2.36. The van der Waals surface area contributed by atoms with Gasteiger partial charge in [-0.15, -0.1) is 0 Å². The van der Waals surface area contributed by atoms with Crippen LogP contribution in [0.1, 0.15) is 106 Å². The first-order valence-corrected chi connectivity index (χ1v) is 22.2. The fourth-order valence-electron chi connectivity index (χ4n) is 9.34. The van der Waals surface area contributed by atoms with Gasteiger partial charge >= 0.3 is 12.1 Å². The molecule has 0 spiro atoms. The standard InChI is InChI=1S/C46H64F2N6O7/c1-46(2,3)61-45(60)54(29-37-14-15-38(47)26-39(37)48)30-40(55)53-18-8-13-36(28-53)34-11-7-12-35(25-34)43(58)49-42(33-9-5-4-6-10-33)44(59)52-23-21-51(22-24-52)27-32-16-19-50(20-17-32)31-41(56)57/h7,11-12,14-15,25-26,32-33,36,42H,4-6,8-10,13,16-24,27-31H2,1-3H3,(H,49,58)(H,56,57)/t36?,42-/m1/s1. The molecule has 2 aromatic rings. The number of carbonyl (C=O) groups is 5. The lowest BCUT2D eigenvalue weighted by atomic mass is 9.83. The Morgan fingerprint density at radius 2 is 1.56 bits per heavy atom. The van der Waals surface area contributed by atoms with Crippen molar-refractivity contribution in [1.29, 1.82) is 0 Å². The molecule has 3 aliphatic heterocycles. The predicted molar refractivity (Wildman–Crippen MR) is 226 cm³/mol. The molecule has 0 radical (unpaired) electrons. The molecule has 0 bridgehead atoms. The van der Waals surface area contributed by atoms with E-state index in [9.17, 15) is 32.8 Å². The van der Waals surface area contributed by atoms with Gasteiger partial charge < -0.3 is 25.0 Å². The number of piperidine rings is 2. The Balaban J connectivity index is 1.06. The first kappa shape index (κ1) is 45.9. The van der Waals surface area contributed by atoms with Crippen LogP contribution in [0.2, 0.25) is 0 Å². The first-order chi connectivity index (χ1) is 29.1. The van der Waals surface area contributed by atoms with Gasteiger partial charge in [0.05, 0.1) is 13.1 Å². The molecule has 1 aliphatic carbocycles. The van der Waals surface area contributed by atoms with E-state index in [1.54, 1.807) is 31.7 Å². The van der Waals surface area contributed by atoms with Crippen LogP contribution < -0.4 is 5.32 Å². The Kier molecular flexibility index (Phi) is 15.8. The van der Waals surface area contributed by atoms with E-state index in [0.29, 0.717) is 44.1 Å². The summed E-state index contributed by atoms with van der Waals surface area (Å²) in [5.41, 5.74) is 0.540. The highest BCUT2D eigenvalue weighted by Crippen LogP contribution is 2.30. The van der Waals surface area contributed by atoms with Crippen molar-refractivity contribution in [3.8, 4) is 0 Å². The van der Waals surface area contributed by atoms with Gasteiger partial charge in [-0.1, -0.05) is 37.5 Å². The van der Waals surface area contributed by atoms with Gasteiger partial charge in [-0.05, 0) is 108 Å². The number of halogens is 2. The van der Waals surface area contributed by atoms with Crippen molar-refractivity contribution in [3.05, 3.63) is 70.8 Å². The van der Waals surface area contributed by atoms with E-state index in [1.807, 2.05) is 28.0 Å². The molecule has 2 N–H and O–H groups in total. The molecular weight excluding hydrogens is 787 g/mol. The Bertz CT molecular complexity index is 1850. The highest BCUT2D eigenvalue weighted by molar-refractivity contribution is 5.98. The van der Waals surface area contributed by atoms with Gasteiger partial charge in [0.15, 0.2) is 0 Å². The van der Waals surface area contributed by atoms with Crippen LogP contribution in [0.4, 0.5) is 13.6 Å². The lowest BCUT2D eigenvalue weighted by Gasteiger charge is -2.40. The van der Waals surface area contributed by atoms with E-state index in [-0.39, 0.29) is 54.8 Å². The molecule has 13 nitrogen and oxygen atoms in total. The quantitative estimate of drug-likeness (QED) is 0.259. The summed E-state index contributed by atoms with van der Waals surface area (Å²) < 4.78 is 33.8. The molecule has 3 heterocycles. The normalized spacial score (nSPS) is 20.5. The van der Waals surface area contributed by atoms with Crippen molar-refractivity contribution < 1.29 is 42.6 Å². The van der Waals surface area contributed by atoms with Crippen molar-refractivity contribution in [2.45, 2.75) is 103 Å².